The molecule has 1 aromatic carbocycles. The monoisotopic (exact) mass is 332 g/mol. The summed E-state index contributed by atoms with van der Waals surface area (Å²) in [5, 5.41) is 17.2. The zero-order valence-electron chi connectivity index (χ0n) is 12.7. The summed E-state index contributed by atoms with van der Waals surface area (Å²) >= 11 is 4.91. The van der Waals surface area contributed by atoms with Gasteiger partial charge < -0.3 is 19.8 Å². The Kier molecular flexibility index (Phi) is 3.78. The van der Waals surface area contributed by atoms with Gasteiger partial charge in [-0.2, -0.15) is 5.10 Å². The van der Waals surface area contributed by atoms with Gasteiger partial charge in [-0.3, -0.25) is 9.48 Å². The summed E-state index contributed by atoms with van der Waals surface area (Å²) in [6.07, 6.45) is 3.28. The van der Waals surface area contributed by atoms with E-state index in [-0.39, 0.29) is 17.3 Å². The SMILES string of the molecule is Cn1cc([C@@](C)(O)CNC(=O)c2ccc3[nH]c(=S)oc3c2)cn1. The van der Waals surface area contributed by atoms with Crippen molar-refractivity contribution in [2.45, 2.75) is 12.5 Å². The fraction of sp³-hybridized carbons (Fsp3) is 0.267. The maximum Gasteiger partial charge on any atom is 0.266 e. The fourth-order valence-electron chi connectivity index (χ4n) is 2.24. The van der Waals surface area contributed by atoms with Gasteiger partial charge in [0.05, 0.1) is 18.3 Å². The molecule has 1 amide bonds. The number of H-pyrrole nitrogens is 1. The molecule has 0 aliphatic rings. The van der Waals surface area contributed by atoms with Crippen molar-refractivity contribution in [1.82, 2.24) is 20.1 Å². The average Bonchev–Trinajstić information content (AvgIpc) is 3.09. The molecule has 2 heterocycles. The first kappa shape index (κ1) is 15.4. The van der Waals surface area contributed by atoms with Crippen molar-refractivity contribution in [3.05, 3.63) is 46.6 Å². The molecule has 1 atom stereocenters. The molecule has 3 rings (SSSR count). The number of nitrogens with one attached hydrogen (secondary N) is 2. The van der Waals surface area contributed by atoms with E-state index in [0.29, 0.717) is 16.7 Å². The summed E-state index contributed by atoms with van der Waals surface area (Å²) in [7, 11) is 1.77. The Morgan fingerprint density at radius 1 is 1.57 bits per heavy atom. The number of carbonyl (C=O) groups is 1. The molecule has 0 radical (unpaired) electrons. The van der Waals surface area contributed by atoms with Crippen LogP contribution in [0.25, 0.3) is 11.1 Å². The number of rotatable bonds is 4. The van der Waals surface area contributed by atoms with Gasteiger partial charge in [-0.05, 0) is 37.3 Å². The van der Waals surface area contributed by atoms with Crippen molar-refractivity contribution >= 4 is 29.2 Å². The van der Waals surface area contributed by atoms with Crippen molar-refractivity contribution in [1.29, 1.82) is 0 Å². The van der Waals surface area contributed by atoms with Crippen molar-refractivity contribution in [2.24, 2.45) is 7.05 Å². The lowest BCUT2D eigenvalue weighted by Crippen LogP contribution is -2.38. The first-order chi connectivity index (χ1) is 10.8. The number of aromatic nitrogens is 3. The third kappa shape index (κ3) is 3.17. The maximum absolute atomic E-state index is 12.3. The second-order valence-electron chi connectivity index (χ2n) is 5.58. The highest BCUT2D eigenvalue weighted by Crippen LogP contribution is 2.19. The molecule has 0 aliphatic heterocycles. The number of fused-ring (bicyclic) bond motifs is 1. The minimum Gasteiger partial charge on any atom is -0.429 e. The molecule has 2 aromatic heterocycles. The van der Waals surface area contributed by atoms with Crippen LogP contribution in [0.2, 0.25) is 0 Å². The molecule has 0 saturated carbocycles. The first-order valence-corrected chi connectivity index (χ1v) is 7.38. The lowest BCUT2D eigenvalue weighted by atomic mass is 9.99. The van der Waals surface area contributed by atoms with Gasteiger partial charge in [-0.1, -0.05) is 0 Å². The van der Waals surface area contributed by atoms with Crippen molar-refractivity contribution in [3.8, 4) is 0 Å². The summed E-state index contributed by atoms with van der Waals surface area (Å²) < 4.78 is 6.89. The predicted octanol–water partition coefficient (Wildman–Crippen LogP) is 1.86. The largest absolute Gasteiger partial charge is 0.429 e. The van der Waals surface area contributed by atoms with Gasteiger partial charge in [-0.15, -0.1) is 0 Å². The number of aromatic amines is 1. The van der Waals surface area contributed by atoms with Crippen LogP contribution in [-0.4, -0.2) is 32.3 Å². The molecule has 3 N–H and O–H groups in total. The number of aliphatic hydroxyl groups is 1. The molecule has 7 nitrogen and oxygen atoms in total. The minimum atomic E-state index is -1.21. The van der Waals surface area contributed by atoms with Crippen molar-refractivity contribution in [2.75, 3.05) is 6.54 Å². The molecular formula is C15H16N4O3S. The Morgan fingerprint density at radius 2 is 2.35 bits per heavy atom. The normalized spacial score (nSPS) is 13.9. The summed E-state index contributed by atoms with van der Waals surface area (Å²) in [5.41, 5.74) is 1.10. The van der Waals surface area contributed by atoms with E-state index in [0.717, 1.165) is 5.52 Å². The minimum absolute atomic E-state index is 0.0616. The Hall–Kier alpha value is -2.45. The lowest BCUT2D eigenvalue weighted by molar-refractivity contribution is 0.0526. The number of nitrogens with zero attached hydrogens (tertiary/aromatic N) is 2. The second kappa shape index (κ2) is 5.64. The highest BCUT2D eigenvalue weighted by atomic mass is 32.1. The van der Waals surface area contributed by atoms with Gasteiger partial charge in [0.2, 0.25) is 0 Å². The molecule has 0 spiro atoms. The molecule has 3 aromatic rings. The Morgan fingerprint density at radius 3 is 3.04 bits per heavy atom. The summed E-state index contributed by atoms with van der Waals surface area (Å²) in [4.78, 5) is 15.4. The first-order valence-electron chi connectivity index (χ1n) is 6.98. The number of amides is 1. The van der Waals surface area contributed by atoms with E-state index >= 15 is 0 Å². The fourth-order valence-corrected chi connectivity index (χ4v) is 2.44. The van der Waals surface area contributed by atoms with Gasteiger partial charge >= 0.3 is 0 Å². The van der Waals surface area contributed by atoms with Crippen LogP contribution in [0, 0.1) is 4.84 Å². The summed E-state index contributed by atoms with van der Waals surface area (Å²) in [5.74, 6) is -0.307. The molecule has 0 fully saturated rings. The molecule has 0 saturated heterocycles. The average molecular weight is 332 g/mol. The van der Waals surface area contributed by atoms with E-state index in [9.17, 15) is 9.90 Å². The second-order valence-corrected chi connectivity index (χ2v) is 5.96. The number of benzene rings is 1. The molecule has 0 unspecified atom stereocenters. The van der Waals surface area contributed by atoms with Crippen LogP contribution in [0.5, 0.6) is 0 Å². The van der Waals surface area contributed by atoms with Crippen LogP contribution >= 0.6 is 12.2 Å². The number of hydrogen-bond donors (Lipinski definition) is 3. The van der Waals surface area contributed by atoms with Crippen LogP contribution in [-0.2, 0) is 12.6 Å². The van der Waals surface area contributed by atoms with E-state index in [1.54, 1.807) is 49.2 Å². The number of aryl methyl sites for hydroxylation is 1. The van der Waals surface area contributed by atoms with Crippen LogP contribution in [0.4, 0.5) is 0 Å². The standard InChI is InChI=1S/C15H16N4O3S/c1-15(21,10-6-17-19(2)7-10)8-16-13(20)9-3-4-11-12(5-9)22-14(23)18-11/h3-7,21H,8H2,1-2H3,(H,16,20)(H,18,23)/t15-/m0/s1. The highest BCUT2D eigenvalue weighted by Gasteiger charge is 2.25. The van der Waals surface area contributed by atoms with E-state index in [4.69, 9.17) is 16.6 Å². The number of carbonyl (C=O) groups excluding carboxylic acids is 1. The van der Waals surface area contributed by atoms with E-state index in [2.05, 4.69) is 15.4 Å². The van der Waals surface area contributed by atoms with Crippen LogP contribution in [0.3, 0.4) is 0 Å². The Labute approximate surface area is 136 Å². The molecule has 0 bridgehead atoms. The van der Waals surface area contributed by atoms with Gasteiger partial charge in [0, 0.05) is 24.4 Å². The molecule has 8 heteroatoms. The van der Waals surface area contributed by atoms with E-state index < -0.39 is 5.60 Å². The van der Waals surface area contributed by atoms with Crippen molar-refractivity contribution < 1.29 is 14.3 Å². The van der Waals surface area contributed by atoms with E-state index in [1.165, 1.54) is 0 Å². The van der Waals surface area contributed by atoms with Gasteiger partial charge in [0.1, 0.15) is 5.60 Å². The molecule has 23 heavy (non-hydrogen) atoms. The van der Waals surface area contributed by atoms with Crippen LogP contribution in [0.1, 0.15) is 22.8 Å². The Bertz CT molecular complexity index is 922. The summed E-state index contributed by atoms with van der Waals surface area (Å²) in [6, 6.07) is 5.00. The van der Waals surface area contributed by atoms with E-state index in [1.807, 2.05) is 0 Å². The van der Waals surface area contributed by atoms with Crippen molar-refractivity contribution in [3.63, 3.8) is 0 Å². The van der Waals surface area contributed by atoms with Crippen LogP contribution in [0.15, 0.2) is 35.0 Å². The van der Waals surface area contributed by atoms with Crippen LogP contribution < -0.4 is 5.32 Å². The highest BCUT2D eigenvalue weighted by molar-refractivity contribution is 7.71. The quantitative estimate of drug-likeness (QED) is 0.634. The number of hydrogen-bond acceptors (Lipinski definition) is 5. The molecular weight excluding hydrogens is 316 g/mol. The molecule has 120 valence electrons. The third-order valence-corrected chi connectivity index (χ3v) is 3.79. The third-order valence-electron chi connectivity index (χ3n) is 3.60. The molecule has 0 aliphatic carbocycles. The topological polar surface area (TPSA) is 96.1 Å². The number of oxazole rings is 1. The summed E-state index contributed by atoms with van der Waals surface area (Å²) in [6.45, 7) is 1.69. The Balaban J connectivity index is 1.74. The zero-order valence-corrected chi connectivity index (χ0v) is 13.5. The smallest absolute Gasteiger partial charge is 0.266 e. The van der Waals surface area contributed by atoms with Gasteiger partial charge in [-0.25, -0.2) is 0 Å². The van der Waals surface area contributed by atoms with Gasteiger partial charge in [0.25, 0.3) is 10.7 Å². The predicted molar refractivity (Wildman–Crippen MR) is 86.5 cm³/mol. The lowest BCUT2D eigenvalue weighted by Gasteiger charge is -2.22. The zero-order chi connectivity index (χ0) is 16.6. The van der Waals surface area contributed by atoms with Gasteiger partial charge in [0.15, 0.2) is 5.58 Å². The maximum atomic E-state index is 12.3.